The van der Waals surface area contributed by atoms with Crippen LogP contribution in [-0.2, 0) is 7.05 Å². The fourth-order valence-electron chi connectivity index (χ4n) is 3.18. The number of H-pyrrole nitrogens is 1. The molecular formula is C21H19ClN4O2. The summed E-state index contributed by atoms with van der Waals surface area (Å²) >= 11 is 6.05. The molecule has 2 aromatic carbocycles. The third-order valence-corrected chi connectivity index (χ3v) is 4.90. The summed E-state index contributed by atoms with van der Waals surface area (Å²) in [5.41, 5.74) is 2.22. The highest BCUT2D eigenvalue weighted by Crippen LogP contribution is 2.25. The minimum Gasteiger partial charge on any atom is -0.497 e. The number of aryl methyl sites for hydroxylation is 1. The molecular weight excluding hydrogens is 376 g/mol. The number of hydrogen-bond donors (Lipinski definition) is 2. The average molecular weight is 395 g/mol. The van der Waals surface area contributed by atoms with Crippen LogP contribution in [0.3, 0.4) is 0 Å². The molecule has 0 aliphatic heterocycles. The monoisotopic (exact) mass is 394 g/mol. The SMILES string of the molecule is COc1ccc(C(NC(=O)c2cc3cc(Cl)ccc3[nH]2)c2nccn2C)cc1. The Morgan fingerprint density at radius 3 is 2.68 bits per heavy atom. The maximum atomic E-state index is 13.0. The number of ether oxygens (including phenoxy) is 1. The van der Waals surface area contributed by atoms with Gasteiger partial charge in [-0.1, -0.05) is 23.7 Å². The molecule has 0 bridgehead atoms. The van der Waals surface area contributed by atoms with Crippen LogP contribution in [0.1, 0.15) is 27.9 Å². The molecule has 1 amide bonds. The number of aromatic nitrogens is 3. The third kappa shape index (κ3) is 3.46. The predicted octanol–water partition coefficient (Wildman–Crippen LogP) is 4.08. The Balaban J connectivity index is 1.67. The number of hydrogen-bond acceptors (Lipinski definition) is 3. The van der Waals surface area contributed by atoms with Crippen LogP contribution in [0, 0.1) is 0 Å². The Morgan fingerprint density at radius 2 is 2.00 bits per heavy atom. The van der Waals surface area contributed by atoms with Gasteiger partial charge in [0.15, 0.2) is 0 Å². The highest BCUT2D eigenvalue weighted by atomic mass is 35.5. The number of amides is 1. The number of halogens is 1. The van der Waals surface area contributed by atoms with Crippen molar-refractivity contribution in [1.82, 2.24) is 19.9 Å². The van der Waals surface area contributed by atoms with Gasteiger partial charge in [0, 0.05) is 35.4 Å². The molecule has 2 heterocycles. The van der Waals surface area contributed by atoms with Crippen molar-refractivity contribution in [2.75, 3.05) is 7.11 Å². The molecule has 0 saturated heterocycles. The molecule has 0 saturated carbocycles. The minimum atomic E-state index is -0.409. The maximum Gasteiger partial charge on any atom is 0.268 e. The van der Waals surface area contributed by atoms with E-state index in [4.69, 9.17) is 16.3 Å². The summed E-state index contributed by atoms with van der Waals surface area (Å²) in [7, 11) is 3.52. The van der Waals surface area contributed by atoms with Crippen LogP contribution in [-0.4, -0.2) is 27.6 Å². The standard InChI is InChI=1S/C21H19ClN4O2/c1-26-10-9-23-20(26)19(13-3-6-16(28-2)7-4-13)25-21(27)18-12-14-11-15(22)5-8-17(14)24-18/h3-12,19,24H,1-2H3,(H,25,27). The summed E-state index contributed by atoms with van der Waals surface area (Å²) in [6.45, 7) is 0. The number of methoxy groups -OCH3 is 1. The lowest BCUT2D eigenvalue weighted by molar-refractivity contribution is 0.0937. The number of fused-ring (bicyclic) bond motifs is 1. The van der Waals surface area contributed by atoms with E-state index in [1.807, 2.05) is 54.2 Å². The second-order valence-electron chi connectivity index (χ2n) is 6.49. The summed E-state index contributed by atoms with van der Waals surface area (Å²) in [4.78, 5) is 20.5. The summed E-state index contributed by atoms with van der Waals surface area (Å²) in [6, 6.07) is 14.4. The fraction of sp³-hybridized carbons (Fsp3) is 0.143. The van der Waals surface area contributed by atoms with Crippen LogP contribution in [0.15, 0.2) is 60.9 Å². The van der Waals surface area contributed by atoms with Gasteiger partial charge < -0.3 is 19.6 Å². The second-order valence-corrected chi connectivity index (χ2v) is 6.93. The Morgan fingerprint density at radius 1 is 1.21 bits per heavy atom. The van der Waals surface area contributed by atoms with Crippen molar-refractivity contribution < 1.29 is 9.53 Å². The molecule has 6 nitrogen and oxygen atoms in total. The van der Waals surface area contributed by atoms with Crippen LogP contribution in [0.2, 0.25) is 5.02 Å². The van der Waals surface area contributed by atoms with Gasteiger partial charge in [-0.15, -0.1) is 0 Å². The van der Waals surface area contributed by atoms with Crippen LogP contribution in [0.4, 0.5) is 0 Å². The fourth-order valence-corrected chi connectivity index (χ4v) is 3.36. The third-order valence-electron chi connectivity index (χ3n) is 4.67. The van der Waals surface area contributed by atoms with Crippen molar-refractivity contribution in [2.45, 2.75) is 6.04 Å². The van der Waals surface area contributed by atoms with Gasteiger partial charge in [0.05, 0.1) is 7.11 Å². The van der Waals surface area contributed by atoms with E-state index >= 15 is 0 Å². The zero-order valence-corrected chi connectivity index (χ0v) is 16.2. The number of imidazole rings is 1. The number of carbonyl (C=O) groups is 1. The van der Waals surface area contributed by atoms with Crippen molar-refractivity contribution in [2.24, 2.45) is 7.05 Å². The van der Waals surface area contributed by atoms with Crippen molar-refractivity contribution >= 4 is 28.4 Å². The Kier molecular flexibility index (Phi) is 4.79. The van der Waals surface area contributed by atoms with E-state index in [-0.39, 0.29) is 5.91 Å². The first-order valence-electron chi connectivity index (χ1n) is 8.75. The van der Waals surface area contributed by atoms with E-state index in [2.05, 4.69) is 15.3 Å². The predicted molar refractivity (Wildman–Crippen MR) is 109 cm³/mol. The van der Waals surface area contributed by atoms with E-state index in [0.717, 1.165) is 28.0 Å². The van der Waals surface area contributed by atoms with Crippen LogP contribution < -0.4 is 10.1 Å². The first-order chi connectivity index (χ1) is 13.5. The zero-order valence-electron chi connectivity index (χ0n) is 15.4. The van der Waals surface area contributed by atoms with Crippen molar-refractivity contribution in [3.05, 3.63) is 83.0 Å². The van der Waals surface area contributed by atoms with Gasteiger partial charge in [-0.3, -0.25) is 4.79 Å². The van der Waals surface area contributed by atoms with E-state index in [1.165, 1.54) is 0 Å². The molecule has 142 valence electrons. The van der Waals surface area contributed by atoms with Crippen LogP contribution >= 0.6 is 11.6 Å². The van der Waals surface area contributed by atoms with Gasteiger partial charge in [0.2, 0.25) is 0 Å². The average Bonchev–Trinajstić information content (AvgIpc) is 3.32. The Bertz CT molecular complexity index is 1130. The molecule has 1 atom stereocenters. The quantitative estimate of drug-likeness (QED) is 0.535. The van der Waals surface area contributed by atoms with Crippen molar-refractivity contribution in [3.63, 3.8) is 0 Å². The zero-order chi connectivity index (χ0) is 19.7. The largest absolute Gasteiger partial charge is 0.497 e. The molecule has 0 fully saturated rings. The van der Waals surface area contributed by atoms with Gasteiger partial charge >= 0.3 is 0 Å². The first-order valence-corrected chi connectivity index (χ1v) is 9.13. The van der Waals surface area contributed by atoms with E-state index < -0.39 is 6.04 Å². The lowest BCUT2D eigenvalue weighted by Crippen LogP contribution is -2.31. The molecule has 2 N–H and O–H groups in total. The summed E-state index contributed by atoms with van der Waals surface area (Å²) in [6.07, 6.45) is 3.56. The Labute approximate surface area is 167 Å². The molecule has 7 heteroatoms. The minimum absolute atomic E-state index is 0.226. The van der Waals surface area contributed by atoms with E-state index in [9.17, 15) is 4.79 Å². The normalized spacial score (nSPS) is 12.1. The molecule has 28 heavy (non-hydrogen) atoms. The molecule has 0 aliphatic carbocycles. The van der Waals surface area contributed by atoms with Crippen molar-refractivity contribution in [3.8, 4) is 5.75 Å². The number of nitrogens with zero attached hydrogens (tertiary/aromatic N) is 2. The first kappa shape index (κ1) is 18.1. The molecule has 0 radical (unpaired) electrons. The lowest BCUT2D eigenvalue weighted by Gasteiger charge is -2.19. The molecule has 0 aliphatic rings. The molecule has 4 aromatic rings. The molecule has 0 spiro atoms. The lowest BCUT2D eigenvalue weighted by atomic mass is 10.1. The molecule has 2 aromatic heterocycles. The number of aromatic amines is 1. The number of carbonyl (C=O) groups excluding carboxylic acids is 1. The number of nitrogens with one attached hydrogen (secondary N) is 2. The molecule has 4 rings (SSSR count). The summed E-state index contributed by atoms with van der Waals surface area (Å²) in [5, 5.41) is 4.59. The van der Waals surface area contributed by atoms with Crippen LogP contribution in [0.25, 0.3) is 10.9 Å². The van der Waals surface area contributed by atoms with E-state index in [1.54, 1.807) is 25.4 Å². The van der Waals surface area contributed by atoms with Crippen molar-refractivity contribution in [1.29, 1.82) is 0 Å². The van der Waals surface area contributed by atoms with Gasteiger partial charge in [0.1, 0.15) is 23.3 Å². The van der Waals surface area contributed by atoms with Gasteiger partial charge in [-0.2, -0.15) is 0 Å². The van der Waals surface area contributed by atoms with Gasteiger partial charge in [0.25, 0.3) is 5.91 Å². The van der Waals surface area contributed by atoms with Gasteiger partial charge in [-0.05, 0) is 42.0 Å². The van der Waals surface area contributed by atoms with Gasteiger partial charge in [-0.25, -0.2) is 4.98 Å². The van der Waals surface area contributed by atoms with Crippen LogP contribution in [0.5, 0.6) is 5.75 Å². The summed E-state index contributed by atoms with van der Waals surface area (Å²) < 4.78 is 7.12. The smallest absolute Gasteiger partial charge is 0.268 e. The van der Waals surface area contributed by atoms with E-state index in [0.29, 0.717) is 10.7 Å². The number of rotatable bonds is 5. The highest BCUT2D eigenvalue weighted by Gasteiger charge is 2.22. The summed E-state index contributed by atoms with van der Waals surface area (Å²) in [5.74, 6) is 1.26. The highest BCUT2D eigenvalue weighted by molar-refractivity contribution is 6.31. The molecule has 1 unspecified atom stereocenters. The Hall–Kier alpha value is -3.25. The second kappa shape index (κ2) is 7.40. The number of benzene rings is 2. The maximum absolute atomic E-state index is 13.0. The topological polar surface area (TPSA) is 71.9 Å².